The summed E-state index contributed by atoms with van der Waals surface area (Å²) in [4.78, 5) is 12.1. The molecule has 0 spiro atoms. The predicted molar refractivity (Wildman–Crippen MR) is 102 cm³/mol. The minimum atomic E-state index is -0.262. The fraction of sp³-hybridized carbons (Fsp3) is 0.381. The molecule has 2 N–H and O–H groups in total. The molecule has 0 aliphatic carbocycles. The molecule has 144 valence electrons. The topological polar surface area (TPSA) is 59.6 Å². The molecule has 5 nitrogen and oxygen atoms in total. The lowest BCUT2D eigenvalue weighted by Crippen LogP contribution is -2.36. The SMILES string of the molecule is CCOc1cc2c(cc1CNC(=O)NCCc1ccc(F)cc1)O[C@H](C)C2. The van der Waals surface area contributed by atoms with Crippen molar-refractivity contribution in [2.75, 3.05) is 13.2 Å². The van der Waals surface area contributed by atoms with Crippen LogP contribution in [0.5, 0.6) is 11.5 Å². The number of halogens is 1. The van der Waals surface area contributed by atoms with E-state index in [0.717, 1.165) is 34.6 Å². The van der Waals surface area contributed by atoms with Crippen LogP contribution in [-0.2, 0) is 19.4 Å². The Morgan fingerprint density at radius 3 is 2.78 bits per heavy atom. The average molecular weight is 372 g/mol. The lowest BCUT2D eigenvalue weighted by molar-refractivity contribution is 0.240. The summed E-state index contributed by atoms with van der Waals surface area (Å²) in [5.74, 6) is 1.38. The normalized spacial score (nSPS) is 15.0. The largest absolute Gasteiger partial charge is 0.494 e. The smallest absolute Gasteiger partial charge is 0.315 e. The Balaban J connectivity index is 1.52. The van der Waals surface area contributed by atoms with Crippen LogP contribution in [0.4, 0.5) is 9.18 Å². The highest BCUT2D eigenvalue weighted by atomic mass is 19.1. The Morgan fingerprint density at radius 2 is 2.04 bits per heavy atom. The summed E-state index contributed by atoms with van der Waals surface area (Å²) in [6, 6.07) is 9.97. The number of carbonyl (C=O) groups excluding carboxylic acids is 1. The third-order valence-corrected chi connectivity index (χ3v) is 4.43. The molecule has 0 radical (unpaired) electrons. The number of amides is 2. The number of fused-ring (bicyclic) bond motifs is 1. The maximum Gasteiger partial charge on any atom is 0.315 e. The first-order valence-corrected chi connectivity index (χ1v) is 9.26. The second kappa shape index (κ2) is 8.75. The van der Waals surface area contributed by atoms with E-state index in [-0.39, 0.29) is 18.0 Å². The van der Waals surface area contributed by atoms with Crippen LogP contribution in [0.25, 0.3) is 0 Å². The summed E-state index contributed by atoms with van der Waals surface area (Å²) in [6.45, 7) is 5.36. The predicted octanol–water partition coefficient (Wildman–Crippen LogP) is 3.59. The van der Waals surface area contributed by atoms with E-state index < -0.39 is 0 Å². The third kappa shape index (κ3) is 5.12. The molecule has 0 saturated heterocycles. The average Bonchev–Trinajstić information content (AvgIpc) is 3.00. The van der Waals surface area contributed by atoms with Crippen molar-refractivity contribution in [2.24, 2.45) is 0 Å². The van der Waals surface area contributed by atoms with Gasteiger partial charge >= 0.3 is 6.03 Å². The second-order valence-electron chi connectivity index (χ2n) is 6.62. The van der Waals surface area contributed by atoms with Crippen LogP contribution in [0.3, 0.4) is 0 Å². The minimum Gasteiger partial charge on any atom is -0.494 e. The van der Waals surface area contributed by atoms with Crippen LogP contribution in [0.15, 0.2) is 36.4 Å². The number of urea groups is 1. The summed E-state index contributed by atoms with van der Waals surface area (Å²) in [6.07, 6.45) is 1.67. The van der Waals surface area contributed by atoms with Gasteiger partial charge in [0.05, 0.1) is 6.61 Å². The van der Waals surface area contributed by atoms with Gasteiger partial charge in [-0.2, -0.15) is 0 Å². The maximum atomic E-state index is 12.9. The van der Waals surface area contributed by atoms with Crippen molar-refractivity contribution in [3.63, 3.8) is 0 Å². The van der Waals surface area contributed by atoms with E-state index in [9.17, 15) is 9.18 Å². The van der Waals surface area contributed by atoms with Crippen molar-refractivity contribution in [1.82, 2.24) is 10.6 Å². The van der Waals surface area contributed by atoms with E-state index in [1.807, 2.05) is 26.0 Å². The number of rotatable bonds is 7. The zero-order valence-corrected chi connectivity index (χ0v) is 15.7. The van der Waals surface area contributed by atoms with Crippen LogP contribution >= 0.6 is 0 Å². The standard InChI is InChI=1S/C21H25FN2O3/c1-3-26-19-11-16-10-14(2)27-20(16)12-17(19)13-24-21(25)23-9-8-15-4-6-18(22)7-5-15/h4-7,11-12,14H,3,8-10,13H2,1-2H3,(H2,23,24,25)/t14-/m1/s1. The second-order valence-corrected chi connectivity index (χ2v) is 6.62. The van der Waals surface area contributed by atoms with Gasteiger partial charge in [-0.05, 0) is 50.1 Å². The van der Waals surface area contributed by atoms with E-state index in [4.69, 9.17) is 9.47 Å². The number of nitrogens with one attached hydrogen (secondary N) is 2. The highest BCUT2D eigenvalue weighted by Gasteiger charge is 2.22. The number of carbonyl (C=O) groups is 1. The molecule has 27 heavy (non-hydrogen) atoms. The van der Waals surface area contributed by atoms with Crippen molar-refractivity contribution in [3.05, 3.63) is 58.9 Å². The van der Waals surface area contributed by atoms with Crippen LogP contribution in [0.2, 0.25) is 0 Å². The van der Waals surface area contributed by atoms with Gasteiger partial charge in [-0.3, -0.25) is 0 Å². The van der Waals surface area contributed by atoms with Crippen LogP contribution < -0.4 is 20.1 Å². The molecular weight excluding hydrogens is 347 g/mol. The number of ether oxygens (including phenoxy) is 2. The molecule has 0 aromatic heterocycles. The van der Waals surface area contributed by atoms with Gasteiger partial charge in [0.1, 0.15) is 23.4 Å². The number of benzene rings is 2. The van der Waals surface area contributed by atoms with Gasteiger partial charge in [-0.15, -0.1) is 0 Å². The van der Waals surface area contributed by atoms with Crippen molar-refractivity contribution in [1.29, 1.82) is 0 Å². The van der Waals surface area contributed by atoms with Gasteiger partial charge in [-0.1, -0.05) is 12.1 Å². The number of hydrogen-bond donors (Lipinski definition) is 2. The van der Waals surface area contributed by atoms with E-state index in [1.54, 1.807) is 12.1 Å². The van der Waals surface area contributed by atoms with Gasteiger partial charge in [0.2, 0.25) is 0 Å². The van der Waals surface area contributed by atoms with Crippen molar-refractivity contribution in [3.8, 4) is 11.5 Å². The van der Waals surface area contributed by atoms with Crippen LogP contribution in [0.1, 0.15) is 30.5 Å². The fourth-order valence-corrected chi connectivity index (χ4v) is 3.12. The molecule has 0 fully saturated rings. The maximum absolute atomic E-state index is 12.9. The van der Waals surface area contributed by atoms with Gasteiger partial charge in [0, 0.05) is 30.6 Å². The first-order chi connectivity index (χ1) is 13.0. The van der Waals surface area contributed by atoms with Crippen molar-refractivity contribution < 1.29 is 18.7 Å². The minimum absolute atomic E-state index is 0.160. The molecule has 6 heteroatoms. The van der Waals surface area contributed by atoms with Crippen LogP contribution in [0, 0.1) is 5.82 Å². The van der Waals surface area contributed by atoms with E-state index in [2.05, 4.69) is 10.6 Å². The first kappa shape index (κ1) is 19.0. The molecule has 2 amide bonds. The first-order valence-electron chi connectivity index (χ1n) is 9.26. The highest BCUT2D eigenvalue weighted by Crippen LogP contribution is 2.35. The summed E-state index contributed by atoms with van der Waals surface area (Å²) >= 11 is 0. The van der Waals surface area contributed by atoms with Gasteiger partial charge in [0.15, 0.2) is 0 Å². The third-order valence-electron chi connectivity index (χ3n) is 4.43. The Bertz CT molecular complexity index is 793. The molecule has 2 aromatic carbocycles. The van der Waals surface area contributed by atoms with E-state index in [0.29, 0.717) is 26.1 Å². The van der Waals surface area contributed by atoms with Crippen LogP contribution in [-0.4, -0.2) is 25.3 Å². The monoisotopic (exact) mass is 372 g/mol. The Morgan fingerprint density at radius 1 is 1.26 bits per heavy atom. The Hall–Kier alpha value is -2.76. The molecule has 1 aliphatic heterocycles. The van der Waals surface area contributed by atoms with Gasteiger partial charge < -0.3 is 20.1 Å². The molecule has 0 unspecified atom stereocenters. The molecule has 1 atom stereocenters. The molecule has 1 heterocycles. The van der Waals surface area contributed by atoms with Gasteiger partial charge in [0.25, 0.3) is 0 Å². The van der Waals surface area contributed by atoms with Crippen molar-refractivity contribution >= 4 is 6.03 Å². The molecule has 1 aliphatic rings. The molecule has 3 rings (SSSR count). The molecule has 2 aromatic rings. The highest BCUT2D eigenvalue weighted by molar-refractivity contribution is 5.74. The summed E-state index contributed by atoms with van der Waals surface area (Å²) in [7, 11) is 0. The Labute approximate surface area is 158 Å². The summed E-state index contributed by atoms with van der Waals surface area (Å²) in [5, 5.41) is 5.66. The van der Waals surface area contributed by atoms with Gasteiger partial charge in [-0.25, -0.2) is 9.18 Å². The Kier molecular flexibility index (Phi) is 6.16. The molecule has 0 bridgehead atoms. The number of hydrogen-bond acceptors (Lipinski definition) is 3. The fourth-order valence-electron chi connectivity index (χ4n) is 3.12. The summed E-state index contributed by atoms with van der Waals surface area (Å²) < 4.78 is 24.4. The van der Waals surface area contributed by atoms with Crippen molar-refractivity contribution in [2.45, 2.75) is 39.3 Å². The zero-order valence-electron chi connectivity index (χ0n) is 15.7. The quantitative estimate of drug-likeness (QED) is 0.781. The molecular formula is C21H25FN2O3. The lowest BCUT2D eigenvalue weighted by atomic mass is 10.1. The van der Waals surface area contributed by atoms with E-state index >= 15 is 0 Å². The molecule has 0 saturated carbocycles. The van der Waals surface area contributed by atoms with E-state index in [1.165, 1.54) is 12.1 Å². The summed E-state index contributed by atoms with van der Waals surface area (Å²) in [5.41, 5.74) is 3.00. The lowest BCUT2D eigenvalue weighted by Gasteiger charge is -2.14. The zero-order chi connectivity index (χ0) is 19.2.